The van der Waals surface area contributed by atoms with Crippen molar-refractivity contribution < 1.29 is 9.59 Å². The van der Waals surface area contributed by atoms with E-state index >= 15 is 0 Å². The fourth-order valence-electron chi connectivity index (χ4n) is 0.950. The Hall–Kier alpha value is -1.71. The summed E-state index contributed by atoms with van der Waals surface area (Å²) >= 11 is 0. The van der Waals surface area contributed by atoms with E-state index in [1.807, 2.05) is 0 Å². The van der Waals surface area contributed by atoms with Gasteiger partial charge in [0.25, 0.3) is 0 Å². The summed E-state index contributed by atoms with van der Waals surface area (Å²) in [4.78, 5) is 35.4. The number of Topliss-reactive ketones (excluding diaryl/α,β-unsaturated/α-hetero) is 2. The monoisotopic (exact) mass is 179 g/mol. The van der Waals surface area contributed by atoms with Gasteiger partial charge in [0.1, 0.15) is 0 Å². The number of nitrogens with one attached hydrogen (secondary N) is 1. The maximum Gasteiger partial charge on any atom is 0.193 e. The van der Waals surface area contributed by atoms with Gasteiger partial charge < -0.3 is 4.98 Å². The normalized spacial score (nSPS) is 9.69. The fourth-order valence-corrected chi connectivity index (χ4v) is 0.950. The van der Waals surface area contributed by atoms with Crippen molar-refractivity contribution in [2.75, 3.05) is 0 Å². The highest BCUT2D eigenvalue weighted by molar-refractivity contribution is 5.95. The smallest absolute Gasteiger partial charge is 0.193 e. The van der Waals surface area contributed by atoms with E-state index in [1.54, 1.807) is 0 Å². The molecule has 0 spiro atoms. The number of aromatic amines is 1. The Morgan fingerprint density at radius 2 is 1.85 bits per heavy atom. The van der Waals surface area contributed by atoms with Gasteiger partial charge in [-0.05, 0) is 6.92 Å². The Morgan fingerprint density at radius 1 is 1.23 bits per heavy atom. The third kappa shape index (κ3) is 1.90. The maximum atomic E-state index is 11.2. The van der Waals surface area contributed by atoms with Crippen molar-refractivity contribution in [3.8, 4) is 0 Å². The van der Waals surface area contributed by atoms with Gasteiger partial charge in [-0.2, -0.15) is 0 Å². The van der Waals surface area contributed by atoms with Crippen LogP contribution in [0, 0.1) is 0 Å². The SMILES string of the molecule is CC(=O)c1cc(=O)c(C(C)=O)c[nH]1. The van der Waals surface area contributed by atoms with Gasteiger partial charge in [0.2, 0.25) is 0 Å². The third-order valence-electron chi connectivity index (χ3n) is 1.67. The van der Waals surface area contributed by atoms with E-state index in [1.165, 1.54) is 20.0 Å². The second-order valence-electron chi connectivity index (χ2n) is 2.74. The Bertz CT molecular complexity index is 417. The number of H-pyrrole nitrogens is 1. The molecule has 0 saturated carbocycles. The van der Waals surface area contributed by atoms with Crippen molar-refractivity contribution >= 4 is 11.6 Å². The van der Waals surface area contributed by atoms with Crippen LogP contribution in [0.1, 0.15) is 34.7 Å². The summed E-state index contributed by atoms with van der Waals surface area (Å²) in [6.07, 6.45) is 1.27. The number of carbonyl (C=O) groups is 2. The van der Waals surface area contributed by atoms with Gasteiger partial charge >= 0.3 is 0 Å². The largest absolute Gasteiger partial charge is 0.358 e. The molecule has 4 nitrogen and oxygen atoms in total. The highest BCUT2D eigenvalue weighted by atomic mass is 16.1. The predicted octanol–water partition coefficient (Wildman–Crippen LogP) is 0.780. The quantitative estimate of drug-likeness (QED) is 0.682. The molecule has 1 aromatic heterocycles. The lowest BCUT2D eigenvalue weighted by Crippen LogP contribution is -2.15. The number of aromatic nitrogens is 1. The van der Waals surface area contributed by atoms with Gasteiger partial charge in [-0.1, -0.05) is 0 Å². The standard InChI is InChI=1S/C9H9NO3/c1-5(11)7-4-10-8(6(2)12)3-9(7)13/h3-4H,1-2H3,(H,10,13). The highest BCUT2D eigenvalue weighted by Crippen LogP contribution is 1.95. The van der Waals surface area contributed by atoms with E-state index < -0.39 is 5.43 Å². The first-order valence-corrected chi connectivity index (χ1v) is 3.77. The van der Waals surface area contributed by atoms with Crippen LogP contribution in [-0.4, -0.2) is 16.6 Å². The topological polar surface area (TPSA) is 67.0 Å². The highest BCUT2D eigenvalue weighted by Gasteiger charge is 2.07. The van der Waals surface area contributed by atoms with Crippen LogP contribution in [0.4, 0.5) is 0 Å². The molecule has 1 N–H and O–H groups in total. The van der Waals surface area contributed by atoms with E-state index in [0.717, 1.165) is 6.07 Å². The summed E-state index contributed by atoms with van der Waals surface area (Å²) in [5.74, 6) is -0.538. The number of pyridine rings is 1. The maximum absolute atomic E-state index is 11.2. The number of hydrogen-bond acceptors (Lipinski definition) is 3. The Labute approximate surface area is 74.6 Å². The van der Waals surface area contributed by atoms with E-state index in [-0.39, 0.29) is 22.8 Å². The Balaban J connectivity index is 3.29. The first kappa shape index (κ1) is 9.38. The first-order valence-electron chi connectivity index (χ1n) is 3.77. The molecular formula is C9H9NO3. The van der Waals surface area contributed by atoms with Crippen molar-refractivity contribution in [1.82, 2.24) is 4.98 Å². The summed E-state index contributed by atoms with van der Waals surface area (Å²) in [6, 6.07) is 1.14. The number of hydrogen-bond donors (Lipinski definition) is 1. The van der Waals surface area contributed by atoms with E-state index in [2.05, 4.69) is 4.98 Å². The summed E-state index contributed by atoms with van der Waals surface area (Å²) in [6.45, 7) is 2.65. The van der Waals surface area contributed by atoms with Gasteiger partial charge in [0, 0.05) is 19.2 Å². The predicted molar refractivity (Wildman–Crippen MR) is 47.1 cm³/mol. The minimum atomic E-state index is -0.420. The molecule has 0 saturated heterocycles. The number of rotatable bonds is 2. The third-order valence-corrected chi connectivity index (χ3v) is 1.67. The van der Waals surface area contributed by atoms with Crippen molar-refractivity contribution in [2.24, 2.45) is 0 Å². The molecule has 0 unspecified atom stereocenters. The minimum Gasteiger partial charge on any atom is -0.358 e. The second kappa shape index (κ2) is 3.35. The number of carbonyl (C=O) groups excluding carboxylic acids is 2. The molecule has 0 radical (unpaired) electrons. The van der Waals surface area contributed by atoms with Gasteiger partial charge in [0.15, 0.2) is 17.0 Å². The van der Waals surface area contributed by atoms with Gasteiger partial charge in [0.05, 0.1) is 11.3 Å². The van der Waals surface area contributed by atoms with E-state index in [9.17, 15) is 14.4 Å². The molecule has 13 heavy (non-hydrogen) atoms. The van der Waals surface area contributed by atoms with E-state index in [0.29, 0.717) is 0 Å². The molecule has 0 aliphatic heterocycles. The van der Waals surface area contributed by atoms with Gasteiger partial charge in [-0.3, -0.25) is 14.4 Å². The lowest BCUT2D eigenvalue weighted by molar-refractivity contribution is 0.0996. The molecule has 0 aliphatic carbocycles. The summed E-state index contributed by atoms with van der Waals surface area (Å²) < 4.78 is 0. The lowest BCUT2D eigenvalue weighted by atomic mass is 10.1. The van der Waals surface area contributed by atoms with Crippen molar-refractivity contribution in [3.05, 3.63) is 33.7 Å². The Morgan fingerprint density at radius 3 is 2.23 bits per heavy atom. The zero-order valence-electron chi connectivity index (χ0n) is 7.38. The van der Waals surface area contributed by atoms with E-state index in [4.69, 9.17) is 0 Å². The van der Waals surface area contributed by atoms with Crippen LogP contribution >= 0.6 is 0 Å². The molecule has 0 amide bonds. The minimum absolute atomic E-state index is 0.0741. The molecule has 1 rings (SSSR count). The van der Waals surface area contributed by atoms with Gasteiger partial charge in [-0.15, -0.1) is 0 Å². The summed E-state index contributed by atoms with van der Waals surface area (Å²) in [5.41, 5.74) is -0.128. The Kier molecular flexibility index (Phi) is 2.41. The van der Waals surface area contributed by atoms with Crippen LogP contribution < -0.4 is 5.43 Å². The molecule has 0 atom stereocenters. The van der Waals surface area contributed by atoms with Crippen LogP contribution in [0.25, 0.3) is 0 Å². The molecule has 1 heterocycles. The lowest BCUT2D eigenvalue weighted by Gasteiger charge is -1.96. The molecule has 1 aromatic rings. The zero-order valence-corrected chi connectivity index (χ0v) is 7.38. The van der Waals surface area contributed by atoms with Crippen molar-refractivity contribution in [3.63, 3.8) is 0 Å². The van der Waals surface area contributed by atoms with Crippen LogP contribution in [-0.2, 0) is 0 Å². The average Bonchev–Trinajstić information content (AvgIpc) is 2.03. The van der Waals surface area contributed by atoms with Crippen LogP contribution in [0.3, 0.4) is 0 Å². The van der Waals surface area contributed by atoms with Crippen LogP contribution in [0.15, 0.2) is 17.1 Å². The molecular weight excluding hydrogens is 170 g/mol. The van der Waals surface area contributed by atoms with Gasteiger partial charge in [-0.25, -0.2) is 0 Å². The summed E-state index contributed by atoms with van der Waals surface area (Å²) in [5, 5.41) is 0. The van der Waals surface area contributed by atoms with Crippen molar-refractivity contribution in [2.45, 2.75) is 13.8 Å². The fraction of sp³-hybridized carbons (Fsp3) is 0.222. The molecule has 4 heteroatoms. The molecule has 0 bridgehead atoms. The van der Waals surface area contributed by atoms with Crippen LogP contribution in [0.5, 0.6) is 0 Å². The molecule has 0 fully saturated rings. The molecule has 0 aliphatic rings. The molecule has 68 valence electrons. The molecule has 0 aromatic carbocycles. The van der Waals surface area contributed by atoms with Crippen molar-refractivity contribution in [1.29, 1.82) is 0 Å². The van der Waals surface area contributed by atoms with Crippen LogP contribution in [0.2, 0.25) is 0 Å². The zero-order chi connectivity index (χ0) is 10.0. The summed E-state index contributed by atoms with van der Waals surface area (Å²) in [7, 11) is 0. The number of ketones is 2. The first-order chi connectivity index (χ1) is 6.02. The average molecular weight is 179 g/mol. The second-order valence-corrected chi connectivity index (χ2v) is 2.74.